The van der Waals surface area contributed by atoms with E-state index in [9.17, 15) is 14.7 Å². The minimum atomic E-state index is -0.785. The number of hydrogen-bond donors (Lipinski definition) is 2. The number of amides is 1. The molecular weight excluding hydrogens is 363 g/mol. The zero-order valence-corrected chi connectivity index (χ0v) is 15.4. The number of likely N-dealkylation sites (tertiary alicyclic amines) is 1. The fourth-order valence-electron chi connectivity index (χ4n) is 4.15. The number of halogens is 2. The molecule has 3 rings (SSSR count). The SMILES string of the molecule is O=C(CCN1C(C(=O)O)CC2CCCCC21)Nc1cc(Cl)ccc1Cl. The molecule has 1 saturated carbocycles. The lowest BCUT2D eigenvalue weighted by Crippen LogP contribution is -2.43. The molecule has 3 atom stereocenters. The lowest BCUT2D eigenvalue weighted by atomic mass is 9.85. The van der Waals surface area contributed by atoms with Gasteiger partial charge in [0.05, 0.1) is 10.7 Å². The van der Waals surface area contributed by atoms with Crippen molar-refractivity contribution < 1.29 is 14.7 Å². The van der Waals surface area contributed by atoms with Crippen molar-refractivity contribution >= 4 is 40.8 Å². The van der Waals surface area contributed by atoms with Gasteiger partial charge >= 0.3 is 5.97 Å². The van der Waals surface area contributed by atoms with E-state index >= 15 is 0 Å². The van der Waals surface area contributed by atoms with E-state index in [4.69, 9.17) is 23.2 Å². The number of carboxylic acids is 1. The van der Waals surface area contributed by atoms with Crippen LogP contribution < -0.4 is 5.32 Å². The van der Waals surface area contributed by atoms with Crippen LogP contribution in [0.1, 0.15) is 38.5 Å². The van der Waals surface area contributed by atoms with E-state index in [0.717, 1.165) is 19.3 Å². The number of aliphatic carboxylic acids is 1. The summed E-state index contributed by atoms with van der Waals surface area (Å²) in [7, 11) is 0. The molecule has 3 unspecified atom stereocenters. The molecule has 1 aliphatic heterocycles. The van der Waals surface area contributed by atoms with Gasteiger partial charge in [0.25, 0.3) is 0 Å². The van der Waals surface area contributed by atoms with Crippen LogP contribution in [0.4, 0.5) is 5.69 Å². The predicted octanol–water partition coefficient (Wildman–Crippen LogP) is 4.04. The van der Waals surface area contributed by atoms with Crippen LogP contribution in [0.3, 0.4) is 0 Å². The normalized spacial score (nSPS) is 26.2. The maximum absolute atomic E-state index is 12.3. The lowest BCUT2D eigenvalue weighted by Gasteiger charge is -2.32. The molecular formula is C18H22Cl2N2O3. The van der Waals surface area contributed by atoms with Crippen molar-refractivity contribution in [2.45, 2.75) is 50.6 Å². The van der Waals surface area contributed by atoms with Crippen molar-refractivity contribution in [1.82, 2.24) is 4.90 Å². The molecule has 1 aliphatic carbocycles. The highest BCUT2D eigenvalue weighted by atomic mass is 35.5. The number of fused-ring (bicyclic) bond motifs is 1. The Morgan fingerprint density at radius 2 is 2.00 bits per heavy atom. The summed E-state index contributed by atoms with van der Waals surface area (Å²) in [6.07, 6.45) is 5.35. The average molecular weight is 385 g/mol. The number of carboxylic acid groups (broad SMARTS) is 1. The van der Waals surface area contributed by atoms with Gasteiger partial charge in [-0.25, -0.2) is 0 Å². The molecule has 2 aliphatic rings. The second kappa shape index (κ2) is 7.94. The Morgan fingerprint density at radius 3 is 2.76 bits per heavy atom. The molecule has 0 spiro atoms. The van der Waals surface area contributed by atoms with Gasteiger partial charge in [0.1, 0.15) is 6.04 Å². The second-order valence-corrected chi connectivity index (χ2v) is 7.71. The number of hydrogen-bond acceptors (Lipinski definition) is 3. The third-order valence-electron chi connectivity index (χ3n) is 5.31. The summed E-state index contributed by atoms with van der Waals surface area (Å²) in [6, 6.07) is 4.71. The number of nitrogens with zero attached hydrogens (tertiary/aromatic N) is 1. The number of nitrogens with one attached hydrogen (secondary N) is 1. The lowest BCUT2D eigenvalue weighted by molar-refractivity contribution is -0.143. The van der Waals surface area contributed by atoms with Crippen molar-refractivity contribution in [3.8, 4) is 0 Å². The molecule has 2 N–H and O–H groups in total. The van der Waals surface area contributed by atoms with Gasteiger partial charge < -0.3 is 10.4 Å². The Balaban J connectivity index is 1.61. The minimum absolute atomic E-state index is 0.187. The van der Waals surface area contributed by atoms with Crippen LogP contribution in [-0.2, 0) is 9.59 Å². The summed E-state index contributed by atoms with van der Waals surface area (Å²) in [5.74, 6) is -0.527. The predicted molar refractivity (Wildman–Crippen MR) is 98.2 cm³/mol. The quantitative estimate of drug-likeness (QED) is 0.803. The first-order chi connectivity index (χ1) is 12.0. The molecule has 136 valence electrons. The molecule has 1 heterocycles. The van der Waals surface area contributed by atoms with Crippen LogP contribution in [0, 0.1) is 5.92 Å². The number of carbonyl (C=O) groups excluding carboxylic acids is 1. The molecule has 1 amide bonds. The first-order valence-corrected chi connectivity index (χ1v) is 9.44. The summed E-state index contributed by atoms with van der Waals surface area (Å²) in [4.78, 5) is 25.9. The van der Waals surface area contributed by atoms with Crippen molar-refractivity contribution in [3.63, 3.8) is 0 Å². The first kappa shape index (κ1) is 18.5. The number of anilines is 1. The molecule has 25 heavy (non-hydrogen) atoms. The van der Waals surface area contributed by atoms with Crippen LogP contribution >= 0.6 is 23.2 Å². The smallest absolute Gasteiger partial charge is 0.320 e. The van der Waals surface area contributed by atoms with Crippen LogP contribution in [0.5, 0.6) is 0 Å². The maximum Gasteiger partial charge on any atom is 0.320 e. The monoisotopic (exact) mass is 384 g/mol. The molecule has 1 aromatic carbocycles. The highest BCUT2D eigenvalue weighted by Gasteiger charge is 2.44. The number of rotatable bonds is 5. The van der Waals surface area contributed by atoms with E-state index < -0.39 is 12.0 Å². The molecule has 0 aromatic heterocycles. The van der Waals surface area contributed by atoms with Crippen LogP contribution in [-0.4, -0.2) is 40.5 Å². The van der Waals surface area contributed by atoms with Gasteiger partial charge in [0.15, 0.2) is 0 Å². The summed E-state index contributed by atoms with van der Waals surface area (Å²) < 4.78 is 0. The zero-order valence-electron chi connectivity index (χ0n) is 13.9. The van der Waals surface area contributed by atoms with E-state index in [1.54, 1.807) is 18.2 Å². The summed E-state index contributed by atoms with van der Waals surface area (Å²) in [5, 5.41) is 13.2. The summed E-state index contributed by atoms with van der Waals surface area (Å²) in [6.45, 7) is 0.447. The molecule has 7 heteroatoms. The van der Waals surface area contributed by atoms with E-state index in [-0.39, 0.29) is 18.4 Å². The Hall–Kier alpha value is -1.30. The van der Waals surface area contributed by atoms with Crippen LogP contribution in [0.15, 0.2) is 18.2 Å². The Labute approximate surface area is 157 Å². The topological polar surface area (TPSA) is 69.6 Å². The second-order valence-electron chi connectivity index (χ2n) is 6.86. The third kappa shape index (κ3) is 4.27. The van der Waals surface area contributed by atoms with Crippen molar-refractivity contribution in [2.75, 3.05) is 11.9 Å². The van der Waals surface area contributed by atoms with Gasteiger partial charge in [0.2, 0.25) is 5.91 Å². The Morgan fingerprint density at radius 1 is 1.24 bits per heavy atom. The molecule has 2 fully saturated rings. The summed E-state index contributed by atoms with van der Waals surface area (Å²) >= 11 is 12.0. The zero-order chi connectivity index (χ0) is 18.0. The van der Waals surface area contributed by atoms with Crippen molar-refractivity contribution in [3.05, 3.63) is 28.2 Å². The van der Waals surface area contributed by atoms with E-state index in [2.05, 4.69) is 5.32 Å². The van der Waals surface area contributed by atoms with Crippen LogP contribution in [0.25, 0.3) is 0 Å². The van der Waals surface area contributed by atoms with Gasteiger partial charge in [-0.15, -0.1) is 0 Å². The molecule has 0 bridgehead atoms. The van der Waals surface area contributed by atoms with Crippen LogP contribution in [0.2, 0.25) is 10.0 Å². The number of carbonyl (C=O) groups is 2. The van der Waals surface area contributed by atoms with E-state index in [0.29, 0.717) is 34.6 Å². The molecule has 5 nitrogen and oxygen atoms in total. The van der Waals surface area contributed by atoms with Crippen molar-refractivity contribution in [2.24, 2.45) is 5.92 Å². The Bertz CT molecular complexity index is 668. The van der Waals surface area contributed by atoms with E-state index in [1.807, 2.05) is 4.90 Å². The third-order valence-corrected chi connectivity index (χ3v) is 5.87. The highest BCUT2D eigenvalue weighted by molar-refractivity contribution is 6.35. The average Bonchev–Trinajstić information content (AvgIpc) is 2.95. The minimum Gasteiger partial charge on any atom is -0.480 e. The van der Waals surface area contributed by atoms with Gasteiger partial charge in [0, 0.05) is 24.0 Å². The number of benzene rings is 1. The fourth-order valence-corrected chi connectivity index (χ4v) is 4.49. The first-order valence-electron chi connectivity index (χ1n) is 8.69. The standard InChI is InChI=1S/C18H22Cl2N2O3/c19-12-5-6-13(20)14(10-12)21-17(23)7-8-22-15-4-2-1-3-11(15)9-16(22)18(24)25/h5-6,10-11,15-16H,1-4,7-9H2,(H,21,23)(H,24,25). The molecule has 0 radical (unpaired) electrons. The largest absolute Gasteiger partial charge is 0.480 e. The van der Waals surface area contributed by atoms with Gasteiger partial charge in [-0.2, -0.15) is 0 Å². The van der Waals surface area contributed by atoms with Gasteiger partial charge in [-0.3, -0.25) is 14.5 Å². The van der Waals surface area contributed by atoms with E-state index in [1.165, 1.54) is 6.42 Å². The Kier molecular flexibility index (Phi) is 5.87. The highest BCUT2D eigenvalue weighted by Crippen LogP contribution is 2.39. The van der Waals surface area contributed by atoms with Gasteiger partial charge in [-0.05, 0) is 43.4 Å². The fraction of sp³-hybridized carbons (Fsp3) is 0.556. The van der Waals surface area contributed by atoms with Gasteiger partial charge in [-0.1, -0.05) is 36.0 Å². The summed E-state index contributed by atoms with van der Waals surface area (Å²) in [5.41, 5.74) is 0.478. The maximum atomic E-state index is 12.3. The van der Waals surface area contributed by atoms with Crippen molar-refractivity contribution in [1.29, 1.82) is 0 Å². The molecule has 1 saturated heterocycles. The molecule has 1 aromatic rings.